The van der Waals surface area contributed by atoms with Crippen LogP contribution in [0.4, 0.5) is 0 Å². The fourth-order valence-corrected chi connectivity index (χ4v) is 4.88. The van der Waals surface area contributed by atoms with Gasteiger partial charge in [0.25, 0.3) is 0 Å². The van der Waals surface area contributed by atoms with E-state index in [0.29, 0.717) is 0 Å². The van der Waals surface area contributed by atoms with E-state index in [1.54, 1.807) is 0 Å². The van der Waals surface area contributed by atoms with E-state index in [9.17, 15) is 0 Å². The lowest BCUT2D eigenvalue weighted by Crippen LogP contribution is -1.96. The Labute approximate surface area is 192 Å². The second-order valence-electron chi connectivity index (χ2n) is 7.96. The molecule has 0 N–H and O–H groups in total. The number of benzene rings is 5. The monoisotopic (exact) mass is 429 g/mol. The van der Waals surface area contributed by atoms with E-state index in [4.69, 9.17) is 11.6 Å². The summed E-state index contributed by atoms with van der Waals surface area (Å²) < 4.78 is 2.31. The van der Waals surface area contributed by atoms with Gasteiger partial charge in [-0.2, -0.15) is 0 Å². The average molecular weight is 430 g/mol. The van der Waals surface area contributed by atoms with Crippen LogP contribution >= 0.6 is 11.6 Å². The highest BCUT2D eigenvalue weighted by Crippen LogP contribution is 2.42. The van der Waals surface area contributed by atoms with Gasteiger partial charge in [0.15, 0.2) is 0 Å². The standard InChI is InChI=1S/C30H20ClN/c31-28-18-10-17-25-27-20-23(21-11-4-1-5-12-21)19-26(22-13-6-2-7-14-22)29(27)32(30(25)28)24-15-8-3-9-16-24/h1-20H. The molecule has 0 unspecified atom stereocenters. The first-order chi connectivity index (χ1) is 15.8. The molecule has 0 atom stereocenters. The minimum atomic E-state index is 0.753. The van der Waals surface area contributed by atoms with Crippen molar-refractivity contribution in [2.45, 2.75) is 0 Å². The Morgan fingerprint density at radius 2 is 1.09 bits per heavy atom. The van der Waals surface area contributed by atoms with Crippen molar-refractivity contribution in [2.24, 2.45) is 0 Å². The molecule has 0 amide bonds. The molecule has 5 aromatic carbocycles. The fourth-order valence-electron chi connectivity index (χ4n) is 4.62. The first-order valence-electron chi connectivity index (χ1n) is 10.7. The number of nitrogens with zero attached hydrogens (tertiary/aromatic N) is 1. The molecule has 0 aliphatic rings. The number of para-hydroxylation sites is 2. The van der Waals surface area contributed by atoms with Crippen molar-refractivity contribution in [2.75, 3.05) is 0 Å². The van der Waals surface area contributed by atoms with Gasteiger partial charge in [-0.15, -0.1) is 0 Å². The van der Waals surface area contributed by atoms with Gasteiger partial charge >= 0.3 is 0 Å². The molecule has 1 heterocycles. The number of fused-ring (bicyclic) bond motifs is 3. The van der Waals surface area contributed by atoms with Crippen LogP contribution in [0.2, 0.25) is 5.02 Å². The summed E-state index contributed by atoms with van der Waals surface area (Å²) in [6.45, 7) is 0. The van der Waals surface area contributed by atoms with Crippen LogP contribution in [0, 0.1) is 0 Å². The Hall–Kier alpha value is -3.81. The summed E-state index contributed by atoms with van der Waals surface area (Å²) >= 11 is 6.82. The van der Waals surface area contributed by atoms with Gasteiger partial charge < -0.3 is 4.57 Å². The normalized spacial score (nSPS) is 11.3. The molecule has 0 saturated heterocycles. The van der Waals surface area contributed by atoms with Crippen molar-refractivity contribution in [1.29, 1.82) is 0 Å². The van der Waals surface area contributed by atoms with Crippen LogP contribution in [-0.4, -0.2) is 4.57 Å². The summed E-state index contributed by atoms with van der Waals surface area (Å²) in [6, 6.07) is 42.4. The lowest BCUT2D eigenvalue weighted by Gasteiger charge is -2.14. The van der Waals surface area contributed by atoms with Crippen molar-refractivity contribution in [3.8, 4) is 27.9 Å². The average Bonchev–Trinajstić information content (AvgIpc) is 3.21. The number of aromatic nitrogens is 1. The van der Waals surface area contributed by atoms with Crippen molar-refractivity contribution in [3.05, 3.63) is 126 Å². The summed E-state index contributed by atoms with van der Waals surface area (Å²) in [5.74, 6) is 0. The van der Waals surface area contributed by atoms with Crippen molar-refractivity contribution < 1.29 is 0 Å². The van der Waals surface area contributed by atoms with Crippen LogP contribution in [0.15, 0.2) is 121 Å². The van der Waals surface area contributed by atoms with Gasteiger partial charge in [0.05, 0.1) is 16.1 Å². The molecule has 0 aliphatic heterocycles. The molecular formula is C30H20ClN. The maximum absolute atomic E-state index is 6.82. The summed E-state index contributed by atoms with van der Waals surface area (Å²) in [4.78, 5) is 0. The Bertz CT molecular complexity index is 1550. The molecule has 0 radical (unpaired) electrons. The predicted molar refractivity (Wildman–Crippen MR) is 137 cm³/mol. The van der Waals surface area contributed by atoms with Crippen LogP contribution in [0.5, 0.6) is 0 Å². The third kappa shape index (κ3) is 3.02. The SMILES string of the molecule is Clc1cccc2c3cc(-c4ccccc4)cc(-c4ccccc4)c3n(-c3ccccc3)c12. The molecule has 1 aromatic heterocycles. The molecule has 6 aromatic rings. The van der Waals surface area contributed by atoms with E-state index in [0.717, 1.165) is 21.6 Å². The zero-order valence-electron chi connectivity index (χ0n) is 17.4. The molecule has 152 valence electrons. The van der Waals surface area contributed by atoms with Crippen LogP contribution in [0.3, 0.4) is 0 Å². The van der Waals surface area contributed by atoms with Gasteiger partial charge in [0.1, 0.15) is 0 Å². The second-order valence-corrected chi connectivity index (χ2v) is 8.37. The molecule has 0 bridgehead atoms. The minimum absolute atomic E-state index is 0.753. The second kappa shape index (κ2) is 7.71. The van der Waals surface area contributed by atoms with Crippen LogP contribution in [0.25, 0.3) is 49.7 Å². The summed E-state index contributed by atoms with van der Waals surface area (Å²) in [5, 5.41) is 3.11. The van der Waals surface area contributed by atoms with E-state index >= 15 is 0 Å². The third-order valence-electron chi connectivity index (χ3n) is 6.04. The maximum Gasteiger partial charge on any atom is 0.0727 e. The number of hydrogen-bond donors (Lipinski definition) is 0. The van der Waals surface area contributed by atoms with E-state index in [1.807, 2.05) is 18.2 Å². The van der Waals surface area contributed by atoms with Crippen LogP contribution in [0.1, 0.15) is 0 Å². The van der Waals surface area contributed by atoms with Gasteiger partial charge in [-0.3, -0.25) is 0 Å². The molecule has 0 fully saturated rings. The van der Waals surface area contributed by atoms with Gasteiger partial charge in [-0.05, 0) is 47.0 Å². The Morgan fingerprint density at radius 3 is 1.78 bits per heavy atom. The number of hydrogen-bond acceptors (Lipinski definition) is 0. The van der Waals surface area contributed by atoms with E-state index < -0.39 is 0 Å². The number of rotatable bonds is 3. The summed E-state index contributed by atoms with van der Waals surface area (Å²) in [7, 11) is 0. The predicted octanol–water partition coefficient (Wildman–Crippen LogP) is 8.77. The lowest BCUT2D eigenvalue weighted by molar-refractivity contribution is 1.18. The zero-order chi connectivity index (χ0) is 21.5. The summed E-state index contributed by atoms with van der Waals surface area (Å²) in [6.07, 6.45) is 0. The topological polar surface area (TPSA) is 4.93 Å². The van der Waals surface area contributed by atoms with Gasteiger partial charge in [-0.1, -0.05) is 103 Å². The Kier molecular flexibility index (Phi) is 4.56. The first-order valence-corrected chi connectivity index (χ1v) is 11.1. The van der Waals surface area contributed by atoms with E-state index in [2.05, 4.69) is 108 Å². The van der Waals surface area contributed by atoms with Gasteiger partial charge in [0.2, 0.25) is 0 Å². The molecular weight excluding hydrogens is 410 g/mol. The largest absolute Gasteiger partial charge is 0.307 e. The van der Waals surface area contributed by atoms with Gasteiger partial charge in [0, 0.05) is 22.0 Å². The molecule has 0 aliphatic carbocycles. The van der Waals surface area contributed by atoms with Crippen molar-refractivity contribution in [1.82, 2.24) is 4.57 Å². The molecule has 32 heavy (non-hydrogen) atoms. The highest BCUT2D eigenvalue weighted by Gasteiger charge is 2.19. The molecule has 1 nitrogen and oxygen atoms in total. The Morgan fingerprint density at radius 1 is 0.469 bits per heavy atom. The maximum atomic E-state index is 6.82. The van der Waals surface area contributed by atoms with Crippen molar-refractivity contribution in [3.63, 3.8) is 0 Å². The van der Waals surface area contributed by atoms with Crippen LogP contribution in [-0.2, 0) is 0 Å². The van der Waals surface area contributed by atoms with Gasteiger partial charge in [-0.25, -0.2) is 0 Å². The summed E-state index contributed by atoms with van der Waals surface area (Å²) in [5.41, 5.74) is 8.09. The van der Waals surface area contributed by atoms with E-state index in [-0.39, 0.29) is 0 Å². The molecule has 0 spiro atoms. The van der Waals surface area contributed by atoms with Crippen LogP contribution < -0.4 is 0 Å². The Balaban J connectivity index is 1.83. The quantitative estimate of drug-likeness (QED) is 0.265. The smallest absolute Gasteiger partial charge is 0.0727 e. The fraction of sp³-hybridized carbons (Fsp3) is 0. The third-order valence-corrected chi connectivity index (χ3v) is 6.35. The molecule has 6 rings (SSSR count). The number of halogens is 1. The highest BCUT2D eigenvalue weighted by atomic mass is 35.5. The van der Waals surface area contributed by atoms with Crippen molar-refractivity contribution >= 4 is 33.4 Å². The van der Waals surface area contributed by atoms with E-state index in [1.165, 1.54) is 33.2 Å². The minimum Gasteiger partial charge on any atom is -0.307 e. The zero-order valence-corrected chi connectivity index (χ0v) is 18.1. The highest BCUT2D eigenvalue weighted by molar-refractivity contribution is 6.37. The molecule has 2 heteroatoms. The molecule has 0 saturated carbocycles. The lowest BCUT2D eigenvalue weighted by atomic mass is 9.95. The first kappa shape index (κ1) is 18.9.